The van der Waals surface area contributed by atoms with Gasteiger partial charge in [0.1, 0.15) is 0 Å². The molecule has 1 amide bonds. The van der Waals surface area contributed by atoms with Crippen LogP contribution in [-0.4, -0.2) is 5.91 Å². The maximum atomic E-state index is 10.4. The van der Waals surface area contributed by atoms with Crippen molar-refractivity contribution in [3.63, 3.8) is 0 Å². The lowest BCUT2D eigenvalue weighted by atomic mass is 10.6. The van der Waals surface area contributed by atoms with E-state index in [2.05, 4.69) is 0 Å². The minimum absolute atomic E-state index is 0.350. The Kier molecular flexibility index (Phi) is 2.24. The second-order valence-electron chi connectivity index (χ2n) is 1.37. The highest BCUT2D eigenvalue weighted by atomic mass is 32.2. The van der Waals surface area contributed by atoms with E-state index in [4.69, 9.17) is 5.73 Å². The van der Waals surface area contributed by atoms with Crippen molar-refractivity contribution in [1.82, 2.24) is 0 Å². The summed E-state index contributed by atoms with van der Waals surface area (Å²) in [5.41, 5.74) is 4.99. The lowest BCUT2D eigenvalue weighted by Crippen LogP contribution is -2.11. The fourth-order valence-electron chi connectivity index (χ4n) is 0.378. The van der Waals surface area contributed by atoms with E-state index in [0.717, 1.165) is 0 Å². The molecular formula is C5H5NOS2. The molecule has 0 atom stereocenters. The van der Waals surface area contributed by atoms with Crippen LogP contribution in [0, 0.1) is 0 Å². The first-order valence-electron chi connectivity index (χ1n) is 2.28. The average Bonchev–Trinajstić information content (AvgIpc) is 1.90. The zero-order valence-corrected chi connectivity index (χ0v) is 6.17. The van der Waals surface area contributed by atoms with Crippen LogP contribution in [0.5, 0.6) is 0 Å². The van der Waals surface area contributed by atoms with Crippen molar-refractivity contribution in [2.45, 2.75) is 0 Å². The molecule has 1 heterocycles. The molecule has 0 aromatic heterocycles. The van der Waals surface area contributed by atoms with Crippen LogP contribution < -0.4 is 5.73 Å². The first-order valence-corrected chi connectivity index (χ1v) is 4.10. The van der Waals surface area contributed by atoms with E-state index in [9.17, 15) is 4.79 Å². The monoisotopic (exact) mass is 159 g/mol. The first kappa shape index (κ1) is 6.77. The van der Waals surface area contributed by atoms with Gasteiger partial charge in [-0.05, 0) is 16.2 Å². The van der Waals surface area contributed by atoms with Gasteiger partial charge in [0, 0.05) is 0 Å². The molecule has 2 nitrogen and oxygen atoms in total. The number of amides is 1. The molecule has 0 saturated heterocycles. The van der Waals surface area contributed by atoms with E-state index >= 15 is 0 Å². The molecular weight excluding hydrogens is 154 g/mol. The SMILES string of the molecule is NC(=O)C1=CSC=CS1. The van der Waals surface area contributed by atoms with E-state index < -0.39 is 0 Å². The second-order valence-corrected chi connectivity index (χ2v) is 3.10. The maximum absolute atomic E-state index is 10.4. The Balaban J connectivity index is 2.61. The topological polar surface area (TPSA) is 43.1 Å². The van der Waals surface area contributed by atoms with Gasteiger partial charge in [-0.2, -0.15) is 0 Å². The molecule has 0 bridgehead atoms. The molecule has 0 spiro atoms. The number of carbonyl (C=O) groups is 1. The van der Waals surface area contributed by atoms with Gasteiger partial charge in [0.05, 0.1) is 4.91 Å². The average molecular weight is 159 g/mol. The summed E-state index contributed by atoms with van der Waals surface area (Å²) in [5, 5.41) is 5.48. The van der Waals surface area contributed by atoms with Crippen molar-refractivity contribution in [1.29, 1.82) is 0 Å². The molecule has 4 heteroatoms. The zero-order valence-electron chi connectivity index (χ0n) is 4.53. The Morgan fingerprint density at radius 1 is 1.56 bits per heavy atom. The highest BCUT2D eigenvalue weighted by Crippen LogP contribution is 2.26. The Hall–Kier alpha value is -0.350. The summed E-state index contributed by atoms with van der Waals surface area (Å²) in [6.07, 6.45) is 0. The smallest absolute Gasteiger partial charge is 0.255 e. The highest BCUT2D eigenvalue weighted by molar-refractivity contribution is 8.12. The Labute approximate surface area is 61.6 Å². The molecule has 9 heavy (non-hydrogen) atoms. The number of hydrogen-bond acceptors (Lipinski definition) is 3. The van der Waals surface area contributed by atoms with Crippen LogP contribution in [0.2, 0.25) is 0 Å². The van der Waals surface area contributed by atoms with E-state index in [1.165, 1.54) is 23.5 Å². The summed E-state index contributed by atoms with van der Waals surface area (Å²) < 4.78 is 0. The van der Waals surface area contributed by atoms with Crippen LogP contribution in [0.25, 0.3) is 0 Å². The third kappa shape index (κ3) is 1.80. The van der Waals surface area contributed by atoms with E-state index in [0.29, 0.717) is 4.91 Å². The van der Waals surface area contributed by atoms with E-state index in [1.54, 1.807) is 5.41 Å². The van der Waals surface area contributed by atoms with Crippen molar-refractivity contribution < 1.29 is 4.79 Å². The summed E-state index contributed by atoms with van der Waals surface area (Å²) in [4.78, 5) is 11.1. The minimum atomic E-state index is -0.350. The molecule has 0 aromatic carbocycles. The van der Waals surface area contributed by atoms with Crippen LogP contribution in [-0.2, 0) is 4.79 Å². The molecule has 0 radical (unpaired) electrons. The summed E-state index contributed by atoms with van der Waals surface area (Å²) in [7, 11) is 0. The standard InChI is InChI=1S/C5H5NOS2/c6-5(7)4-3-8-1-2-9-4/h1-3H,(H2,6,7). The van der Waals surface area contributed by atoms with Crippen molar-refractivity contribution in [3.05, 3.63) is 21.1 Å². The highest BCUT2D eigenvalue weighted by Gasteiger charge is 2.04. The minimum Gasteiger partial charge on any atom is -0.365 e. The van der Waals surface area contributed by atoms with Crippen LogP contribution >= 0.6 is 23.5 Å². The molecule has 1 aliphatic heterocycles. The Bertz CT molecular complexity index is 185. The van der Waals surface area contributed by atoms with Gasteiger partial charge in [0.25, 0.3) is 5.91 Å². The zero-order chi connectivity index (χ0) is 6.69. The largest absolute Gasteiger partial charge is 0.365 e. The van der Waals surface area contributed by atoms with Crippen LogP contribution in [0.3, 0.4) is 0 Å². The molecule has 0 saturated carbocycles. The van der Waals surface area contributed by atoms with Crippen molar-refractivity contribution in [2.24, 2.45) is 5.73 Å². The summed E-state index contributed by atoms with van der Waals surface area (Å²) in [6.45, 7) is 0. The lowest BCUT2D eigenvalue weighted by Gasteiger charge is -2.00. The molecule has 1 rings (SSSR count). The van der Waals surface area contributed by atoms with Crippen LogP contribution in [0.1, 0.15) is 0 Å². The van der Waals surface area contributed by atoms with Gasteiger partial charge in [-0.1, -0.05) is 11.8 Å². The van der Waals surface area contributed by atoms with Gasteiger partial charge in [-0.3, -0.25) is 4.79 Å². The molecule has 0 fully saturated rings. The van der Waals surface area contributed by atoms with Crippen molar-refractivity contribution in [3.8, 4) is 0 Å². The molecule has 0 aliphatic carbocycles. The van der Waals surface area contributed by atoms with Gasteiger partial charge < -0.3 is 5.73 Å². The number of rotatable bonds is 1. The van der Waals surface area contributed by atoms with Gasteiger partial charge in [0.15, 0.2) is 0 Å². The number of hydrogen-bond donors (Lipinski definition) is 1. The fraction of sp³-hybridized carbons (Fsp3) is 0. The summed E-state index contributed by atoms with van der Waals surface area (Å²) in [5.74, 6) is -0.350. The molecule has 2 N–H and O–H groups in total. The molecule has 0 unspecified atom stereocenters. The van der Waals surface area contributed by atoms with Gasteiger partial charge in [-0.25, -0.2) is 0 Å². The summed E-state index contributed by atoms with van der Waals surface area (Å²) in [6, 6.07) is 0. The van der Waals surface area contributed by atoms with Gasteiger partial charge >= 0.3 is 0 Å². The predicted octanol–water partition coefficient (Wildman–Crippen LogP) is 1.26. The quantitative estimate of drug-likeness (QED) is 0.626. The number of carbonyl (C=O) groups excluding carboxylic acids is 1. The second kappa shape index (κ2) is 2.98. The van der Waals surface area contributed by atoms with Crippen LogP contribution in [0.15, 0.2) is 21.1 Å². The number of primary amides is 1. The van der Waals surface area contributed by atoms with Gasteiger partial charge in [-0.15, -0.1) is 11.8 Å². The number of nitrogens with two attached hydrogens (primary N) is 1. The third-order valence-corrected chi connectivity index (χ3v) is 2.58. The predicted molar refractivity (Wildman–Crippen MR) is 41.6 cm³/mol. The normalized spacial score (nSPS) is 17.1. The third-order valence-electron chi connectivity index (χ3n) is 0.747. The molecule has 48 valence electrons. The summed E-state index contributed by atoms with van der Waals surface area (Å²) >= 11 is 2.82. The molecule has 1 aliphatic rings. The number of thioether (sulfide) groups is 2. The van der Waals surface area contributed by atoms with E-state index in [1.807, 2.05) is 10.8 Å². The van der Waals surface area contributed by atoms with Crippen molar-refractivity contribution >= 4 is 29.4 Å². The first-order chi connectivity index (χ1) is 4.30. The van der Waals surface area contributed by atoms with E-state index in [-0.39, 0.29) is 5.91 Å². The lowest BCUT2D eigenvalue weighted by molar-refractivity contribution is -0.113. The maximum Gasteiger partial charge on any atom is 0.255 e. The van der Waals surface area contributed by atoms with Crippen LogP contribution in [0.4, 0.5) is 0 Å². The molecule has 0 aromatic rings. The Morgan fingerprint density at radius 2 is 2.33 bits per heavy atom. The van der Waals surface area contributed by atoms with Gasteiger partial charge in [0.2, 0.25) is 0 Å². The Morgan fingerprint density at radius 3 is 2.67 bits per heavy atom. The fourth-order valence-corrected chi connectivity index (χ4v) is 1.83. The van der Waals surface area contributed by atoms with Crippen molar-refractivity contribution in [2.75, 3.05) is 0 Å².